The molecule has 0 saturated carbocycles. The van der Waals surface area contributed by atoms with Crippen LogP contribution in [0, 0.1) is 5.82 Å². The van der Waals surface area contributed by atoms with Gasteiger partial charge in [0.1, 0.15) is 12.4 Å². The van der Waals surface area contributed by atoms with Gasteiger partial charge in [-0.2, -0.15) is 0 Å². The number of halogens is 1. The van der Waals surface area contributed by atoms with Crippen molar-refractivity contribution in [2.45, 2.75) is 24.8 Å². The van der Waals surface area contributed by atoms with Crippen LogP contribution in [0.2, 0.25) is 0 Å². The van der Waals surface area contributed by atoms with Crippen molar-refractivity contribution in [1.29, 1.82) is 0 Å². The van der Waals surface area contributed by atoms with E-state index in [1.54, 1.807) is 19.2 Å². The fraction of sp³-hybridized carbons (Fsp3) is 0.529. The first-order valence-corrected chi connectivity index (χ1v) is 10.3. The number of hydrogen-bond donors (Lipinski definition) is 1. The lowest BCUT2D eigenvalue weighted by Gasteiger charge is -2.26. The molecule has 0 radical (unpaired) electrons. The van der Waals surface area contributed by atoms with E-state index in [0.29, 0.717) is 29.9 Å². The van der Waals surface area contributed by atoms with Gasteiger partial charge in [0.15, 0.2) is 6.04 Å². The Kier molecular flexibility index (Phi) is 5.17. The van der Waals surface area contributed by atoms with Gasteiger partial charge < -0.3 is 10.1 Å². The first-order valence-electron chi connectivity index (χ1n) is 8.46. The molecule has 1 aromatic carbocycles. The van der Waals surface area contributed by atoms with E-state index in [4.69, 9.17) is 4.74 Å². The van der Waals surface area contributed by atoms with E-state index in [1.165, 1.54) is 13.1 Å². The highest BCUT2D eigenvalue weighted by Crippen LogP contribution is 2.34. The lowest BCUT2D eigenvalue weighted by Crippen LogP contribution is -2.44. The third-order valence-corrected chi connectivity index (χ3v) is 7.44. The molecule has 2 saturated heterocycles. The molecule has 7 nitrogen and oxygen atoms in total. The van der Waals surface area contributed by atoms with Gasteiger partial charge in [0.05, 0.1) is 5.69 Å². The number of hydrogen-bond acceptors (Lipinski definition) is 5. The molecule has 2 fully saturated rings. The summed E-state index contributed by atoms with van der Waals surface area (Å²) in [6.45, 7) is -0.0701. The summed E-state index contributed by atoms with van der Waals surface area (Å²) in [4.78, 5) is 25.0. The van der Waals surface area contributed by atoms with Crippen molar-refractivity contribution in [2.75, 3.05) is 37.1 Å². The number of benzene rings is 1. The summed E-state index contributed by atoms with van der Waals surface area (Å²) in [5.41, 5.74) is 0.820. The Hall–Kier alpha value is -2.16. The molecule has 0 aromatic heterocycles. The molecule has 142 valence electrons. The van der Waals surface area contributed by atoms with Gasteiger partial charge in [0.25, 0.3) is 0 Å². The topological polar surface area (TPSA) is 88.1 Å². The van der Waals surface area contributed by atoms with Gasteiger partial charge in [-0.05, 0) is 36.5 Å². The maximum atomic E-state index is 14.7. The minimum Gasteiger partial charge on any atom is -0.446 e. The number of amides is 2. The predicted octanol–water partition coefficient (Wildman–Crippen LogP) is 1.87. The zero-order valence-corrected chi connectivity index (χ0v) is 15.6. The molecule has 2 aliphatic heterocycles. The van der Waals surface area contributed by atoms with Crippen LogP contribution >= 0.6 is 0 Å². The Labute approximate surface area is 152 Å². The molecule has 0 unspecified atom stereocenters. The highest BCUT2D eigenvalue weighted by atomic mass is 32.2. The summed E-state index contributed by atoms with van der Waals surface area (Å²) in [7, 11) is 0.893. The number of ether oxygens (including phenoxy) is 1. The smallest absolute Gasteiger partial charge is 0.415 e. The molecule has 0 bridgehead atoms. The number of likely N-dealkylation sites (N-methyl/N-ethyl adjacent to an activating group) is 1. The van der Waals surface area contributed by atoms with Crippen molar-refractivity contribution in [1.82, 2.24) is 5.32 Å². The second-order valence-corrected chi connectivity index (χ2v) is 9.15. The molecule has 1 aromatic rings. The Morgan fingerprint density at radius 3 is 2.65 bits per heavy atom. The number of carbonyl (C=O) groups excluding carboxylic acids is 2. The van der Waals surface area contributed by atoms with Gasteiger partial charge in [-0.15, -0.1) is 0 Å². The Morgan fingerprint density at radius 1 is 1.38 bits per heavy atom. The zero-order chi connectivity index (χ0) is 18.9. The number of nitrogens with one attached hydrogen (secondary N) is 1. The number of anilines is 1. The quantitative estimate of drug-likeness (QED) is 0.863. The molecule has 2 aliphatic rings. The monoisotopic (exact) mass is 383 g/mol. The van der Waals surface area contributed by atoms with Crippen LogP contribution in [0.15, 0.2) is 22.6 Å². The van der Waals surface area contributed by atoms with Gasteiger partial charge in [0, 0.05) is 35.3 Å². The van der Waals surface area contributed by atoms with Crippen LogP contribution in [0.3, 0.4) is 0 Å². The summed E-state index contributed by atoms with van der Waals surface area (Å²) in [6.07, 6.45) is 0.547. The van der Waals surface area contributed by atoms with Crippen molar-refractivity contribution in [3.05, 3.63) is 29.6 Å². The molecule has 2 heterocycles. The molecule has 3 rings (SSSR count). The predicted molar refractivity (Wildman–Crippen MR) is 96.3 cm³/mol. The van der Waals surface area contributed by atoms with E-state index >= 15 is 0 Å². The number of carbonyl (C=O) groups is 2. The molecule has 1 N–H and O–H groups in total. The lowest BCUT2D eigenvalue weighted by molar-refractivity contribution is -0.121. The van der Waals surface area contributed by atoms with E-state index in [1.807, 2.05) is 0 Å². The third-order valence-electron chi connectivity index (χ3n) is 5.03. The van der Waals surface area contributed by atoms with Crippen LogP contribution in [-0.2, 0) is 19.3 Å². The second-order valence-electron chi connectivity index (χ2n) is 6.42. The largest absolute Gasteiger partial charge is 0.446 e. The minimum atomic E-state index is -2.14. The van der Waals surface area contributed by atoms with Crippen LogP contribution in [0.5, 0.6) is 0 Å². The van der Waals surface area contributed by atoms with Crippen molar-refractivity contribution in [3.8, 4) is 0 Å². The summed E-state index contributed by atoms with van der Waals surface area (Å²) in [6, 6.07) is 3.70. The van der Waals surface area contributed by atoms with Gasteiger partial charge in [-0.3, -0.25) is 9.69 Å². The summed E-state index contributed by atoms with van der Waals surface area (Å²) in [5, 5.41) is 2.48. The van der Waals surface area contributed by atoms with Crippen molar-refractivity contribution < 1.29 is 22.9 Å². The molecule has 1 atom stereocenters. The molecule has 0 aliphatic carbocycles. The maximum Gasteiger partial charge on any atom is 0.415 e. The van der Waals surface area contributed by atoms with Crippen molar-refractivity contribution >= 4 is 27.4 Å². The van der Waals surface area contributed by atoms with Crippen molar-refractivity contribution in [3.63, 3.8) is 0 Å². The average Bonchev–Trinajstić information content (AvgIpc) is 3.03. The normalized spacial score (nSPS) is 28.6. The Morgan fingerprint density at radius 2 is 2.08 bits per heavy atom. The van der Waals surface area contributed by atoms with E-state index in [2.05, 4.69) is 9.68 Å². The minimum absolute atomic E-state index is 0.0272. The van der Waals surface area contributed by atoms with Gasteiger partial charge in [-0.1, -0.05) is 6.07 Å². The highest BCUT2D eigenvalue weighted by molar-refractivity contribution is 7.93. The standard InChI is InChI=1S/C17H22FN3O4S/c1-19-16(22)15-10-25-17(23)21(15)12-3-4-13(14(18)9-12)11-5-7-26(24,20-2)8-6-11/h3-4,9,11,15H,5-8,10H2,1-2H3,(H,19,22)/t11-,15-,26-/m0/s1. The van der Waals surface area contributed by atoms with Gasteiger partial charge in [-0.25, -0.2) is 17.8 Å². The summed E-state index contributed by atoms with van der Waals surface area (Å²) < 4.78 is 35.9. The van der Waals surface area contributed by atoms with Crippen molar-refractivity contribution in [2.24, 2.45) is 4.36 Å². The SMILES string of the molecule is CN=[S@]1(=O)CC[C@H](c2ccc(N3C(=O)OC[C@H]3C(=O)NC)cc2F)CC1. The van der Waals surface area contributed by atoms with Gasteiger partial charge >= 0.3 is 6.09 Å². The van der Waals surface area contributed by atoms with Crippen LogP contribution in [-0.4, -0.2) is 54.5 Å². The summed E-state index contributed by atoms with van der Waals surface area (Å²) in [5.74, 6) is 0.0927. The maximum absolute atomic E-state index is 14.7. The fourth-order valence-electron chi connectivity index (χ4n) is 3.46. The van der Waals surface area contributed by atoms with Crippen LogP contribution < -0.4 is 10.2 Å². The molecule has 2 amide bonds. The van der Waals surface area contributed by atoms with Crippen LogP contribution in [0.25, 0.3) is 0 Å². The van der Waals surface area contributed by atoms with E-state index in [-0.39, 0.29) is 24.1 Å². The molecule has 9 heteroatoms. The molecule has 0 spiro atoms. The first kappa shape index (κ1) is 18.6. The third kappa shape index (κ3) is 3.40. The lowest BCUT2D eigenvalue weighted by atomic mass is 9.92. The fourth-order valence-corrected chi connectivity index (χ4v) is 5.33. The first-order chi connectivity index (χ1) is 12.4. The van der Waals surface area contributed by atoms with E-state index in [9.17, 15) is 18.2 Å². The molecular formula is C17H22FN3O4S. The number of cyclic esters (lactones) is 1. The van der Waals surface area contributed by atoms with E-state index in [0.717, 1.165) is 4.90 Å². The highest BCUT2D eigenvalue weighted by Gasteiger charge is 2.39. The molecule has 26 heavy (non-hydrogen) atoms. The zero-order valence-electron chi connectivity index (χ0n) is 14.7. The summed E-state index contributed by atoms with van der Waals surface area (Å²) >= 11 is 0. The Bertz CT molecular complexity index is 836. The van der Waals surface area contributed by atoms with Gasteiger partial charge in [0.2, 0.25) is 5.91 Å². The van der Waals surface area contributed by atoms with Crippen LogP contribution in [0.1, 0.15) is 24.3 Å². The molecular weight excluding hydrogens is 361 g/mol. The number of rotatable bonds is 3. The average molecular weight is 383 g/mol. The second kappa shape index (κ2) is 7.22. The number of nitrogens with zero attached hydrogens (tertiary/aromatic N) is 2. The Balaban J connectivity index is 1.83. The van der Waals surface area contributed by atoms with Crippen LogP contribution in [0.4, 0.5) is 14.9 Å². The van der Waals surface area contributed by atoms with E-state index < -0.39 is 27.7 Å².